The van der Waals surface area contributed by atoms with Gasteiger partial charge in [0.2, 0.25) is 0 Å². The van der Waals surface area contributed by atoms with Crippen LogP contribution in [0.15, 0.2) is 0 Å². The van der Waals surface area contributed by atoms with Crippen molar-refractivity contribution in [3.05, 3.63) is 0 Å². The molecule has 0 aromatic rings. The monoisotopic (exact) mass is 104 g/mol. The van der Waals surface area contributed by atoms with Gasteiger partial charge < -0.3 is 0 Å². The Hall–Kier alpha value is -0.880. The molecule has 0 aromatic heterocycles. The summed E-state index contributed by atoms with van der Waals surface area (Å²) in [5.41, 5.74) is 0. The van der Waals surface area contributed by atoms with Gasteiger partial charge in [0, 0.05) is 12.8 Å². The van der Waals surface area contributed by atoms with Crippen LogP contribution in [0.1, 0.15) is 25.7 Å². The second-order valence-corrected chi connectivity index (χ2v) is 1.81. The van der Waals surface area contributed by atoms with Crippen molar-refractivity contribution in [2.24, 2.45) is 0 Å². The van der Waals surface area contributed by atoms with Gasteiger partial charge in [-0.2, -0.15) is 0 Å². The minimum Gasteiger partial charge on any atom is -0.0891 e. The molecule has 1 aliphatic rings. The summed E-state index contributed by atoms with van der Waals surface area (Å²) < 4.78 is 0. The summed E-state index contributed by atoms with van der Waals surface area (Å²) in [4.78, 5) is 0. The van der Waals surface area contributed by atoms with Crippen molar-refractivity contribution in [1.82, 2.24) is 0 Å². The van der Waals surface area contributed by atoms with E-state index in [9.17, 15) is 0 Å². The van der Waals surface area contributed by atoms with Crippen LogP contribution in [0.5, 0.6) is 0 Å². The molecule has 0 heteroatoms. The lowest BCUT2D eigenvalue weighted by Gasteiger charge is -1.88. The number of hydrogen-bond donors (Lipinski definition) is 0. The highest BCUT2D eigenvalue weighted by Crippen LogP contribution is 1.97. The Morgan fingerprint density at radius 2 is 1.25 bits per heavy atom. The van der Waals surface area contributed by atoms with E-state index in [0.29, 0.717) is 0 Å². The number of hydrogen-bond acceptors (Lipinski definition) is 0. The Morgan fingerprint density at radius 1 is 0.750 bits per heavy atom. The Labute approximate surface area is 50.3 Å². The van der Waals surface area contributed by atoms with Gasteiger partial charge >= 0.3 is 0 Å². The average molecular weight is 104 g/mol. The normalized spacial score (nSPS) is 16.0. The minimum absolute atomic E-state index is 1.04. The van der Waals surface area contributed by atoms with Crippen LogP contribution >= 0.6 is 0 Å². The zero-order chi connectivity index (χ0) is 5.66. The molecule has 0 bridgehead atoms. The largest absolute Gasteiger partial charge is 0.0891 e. The maximum atomic E-state index is 2.96. The highest BCUT2D eigenvalue weighted by atomic mass is 13.9. The second kappa shape index (κ2) is 3.16. The molecule has 0 heterocycles. The molecular weight excluding hydrogens is 96.1 g/mol. The molecule has 0 radical (unpaired) electrons. The van der Waals surface area contributed by atoms with E-state index in [1.54, 1.807) is 0 Å². The quantitative estimate of drug-likeness (QED) is 0.409. The van der Waals surface area contributed by atoms with Crippen molar-refractivity contribution >= 4 is 0 Å². The van der Waals surface area contributed by atoms with E-state index in [4.69, 9.17) is 0 Å². The third-order valence-corrected chi connectivity index (χ3v) is 1.09. The van der Waals surface area contributed by atoms with Gasteiger partial charge in [-0.3, -0.25) is 0 Å². The van der Waals surface area contributed by atoms with Gasteiger partial charge in [0.05, 0.1) is 0 Å². The van der Waals surface area contributed by atoms with Crippen LogP contribution in [-0.4, -0.2) is 0 Å². The summed E-state index contributed by atoms with van der Waals surface area (Å²) in [5.74, 6) is 11.5. The van der Waals surface area contributed by atoms with Gasteiger partial charge in [0.25, 0.3) is 0 Å². The van der Waals surface area contributed by atoms with Gasteiger partial charge in [-0.1, -0.05) is 11.8 Å². The Balaban J connectivity index is 2.48. The van der Waals surface area contributed by atoms with Crippen LogP contribution in [0.25, 0.3) is 0 Å². The molecule has 40 valence electrons. The average Bonchev–Trinajstić information content (AvgIpc) is 1.62. The van der Waals surface area contributed by atoms with Crippen molar-refractivity contribution < 1.29 is 0 Å². The summed E-state index contributed by atoms with van der Waals surface area (Å²) in [6.45, 7) is 0. The lowest BCUT2D eigenvalue weighted by Crippen LogP contribution is -1.75. The topological polar surface area (TPSA) is 0 Å². The lowest BCUT2D eigenvalue weighted by molar-refractivity contribution is 0.781. The third-order valence-electron chi connectivity index (χ3n) is 1.09. The summed E-state index contributed by atoms with van der Waals surface area (Å²) in [6, 6.07) is 0. The molecule has 1 rings (SSSR count). The molecule has 0 unspecified atom stereocenters. The summed E-state index contributed by atoms with van der Waals surface area (Å²) in [7, 11) is 0. The maximum absolute atomic E-state index is 2.96. The van der Waals surface area contributed by atoms with Gasteiger partial charge in [-0.15, -0.1) is 0 Å². The third kappa shape index (κ3) is 1.71. The fourth-order valence-corrected chi connectivity index (χ4v) is 0.640. The van der Waals surface area contributed by atoms with Gasteiger partial charge in [0.15, 0.2) is 0 Å². The van der Waals surface area contributed by atoms with Crippen molar-refractivity contribution in [3.8, 4) is 23.7 Å². The van der Waals surface area contributed by atoms with Crippen molar-refractivity contribution in [3.63, 3.8) is 0 Å². The zero-order valence-corrected chi connectivity index (χ0v) is 4.83. The van der Waals surface area contributed by atoms with Crippen molar-refractivity contribution in [2.45, 2.75) is 25.7 Å². The Morgan fingerprint density at radius 3 is 1.75 bits per heavy atom. The first-order valence-corrected chi connectivity index (χ1v) is 2.96. The molecule has 0 aliphatic heterocycles. The van der Waals surface area contributed by atoms with Crippen LogP contribution in [0.4, 0.5) is 0 Å². The van der Waals surface area contributed by atoms with Gasteiger partial charge in [0.1, 0.15) is 0 Å². The molecule has 0 spiro atoms. The first kappa shape index (κ1) is 5.26. The van der Waals surface area contributed by atoms with Gasteiger partial charge in [-0.25, -0.2) is 0 Å². The van der Waals surface area contributed by atoms with Crippen LogP contribution in [-0.2, 0) is 0 Å². The fraction of sp³-hybridized carbons (Fsp3) is 0.500. The molecule has 0 saturated heterocycles. The van der Waals surface area contributed by atoms with Gasteiger partial charge in [-0.05, 0) is 24.7 Å². The molecule has 0 fully saturated rings. The predicted molar refractivity (Wildman–Crippen MR) is 34.0 cm³/mol. The van der Waals surface area contributed by atoms with Crippen LogP contribution in [0.2, 0.25) is 0 Å². The summed E-state index contributed by atoms with van der Waals surface area (Å²) in [6.07, 6.45) is 4.52. The van der Waals surface area contributed by atoms with E-state index in [-0.39, 0.29) is 0 Å². The van der Waals surface area contributed by atoms with Crippen LogP contribution in [0.3, 0.4) is 0 Å². The van der Waals surface area contributed by atoms with E-state index >= 15 is 0 Å². The van der Waals surface area contributed by atoms with E-state index < -0.39 is 0 Å². The molecule has 0 atom stereocenters. The van der Waals surface area contributed by atoms with Crippen molar-refractivity contribution in [1.29, 1.82) is 0 Å². The first-order chi connectivity index (χ1) is 4.00. The zero-order valence-electron chi connectivity index (χ0n) is 4.83. The highest BCUT2D eigenvalue weighted by molar-refractivity contribution is 5.26. The Kier molecular flexibility index (Phi) is 2.08. The van der Waals surface area contributed by atoms with Crippen LogP contribution < -0.4 is 0 Å². The van der Waals surface area contributed by atoms with E-state index in [1.807, 2.05) is 0 Å². The van der Waals surface area contributed by atoms with Crippen molar-refractivity contribution in [2.75, 3.05) is 0 Å². The Bertz CT molecular complexity index is 146. The molecule has 0 saturated carbocycles. The minimum atomic E-state index is 1.04. The standard InChI is InChI=1S/C8H8/c1-2-4-6-8-7-5-3-1/h1-4H2. The molecule has 0 nitrogen and oxygen atoms in total. The predicted octanol–water partition coefficient (Wildman–Crippen LogP) is 1.57. The summed E-state index contributed by atoms with van der Waals surface area (Å²) in [5, 5.41) is 0. The first-order valence-electron chi connectivity index (χ1n) is 2.96. The molecular formula is C8H8. The smallest absolute Gasteiger partial charge is 0.00992 e. The SMILES string of the molecule is C1#CCCCCC#C1. The fourth-order valence-electron chi connectivity index (χ4n) is 0.640. The highest BCUT2D eigenvalue weighted by Gasteiger charge is 1.83. The second-order valence-electron chi connectivity index (χ2n) is 1.81. The maximum Gasteiger partial charge on any atom is 0.00992 e. The molecule has 1 aliphatic carbocycles. The van der Waals surface area contributed by atoms with E-state index in [1.165, 1.54) is 12.8 Å². The van der Waals surface area contributed by atoms with Crippen LogP contribution in [0, 0.1) is 23.7 Å². The molecule has 0 amide bonds. The number of rotatable bonds is 0. The summed E-state index contributed by atoms with van der Waals surface area (Å²) >= 11 is 0. The van der Waals surface area contributed by atoms with E-state index in [0.717, 1.165) is 12.8 Å². The molecule has 0 N–H and O–H groups in total. The lowest BCUT2D eigenvalue weighted by atomic mass is 10.2. The molecule has 0 aromatic carbocycles. The molecule has 8 heavy (non-hydrogen) atoms. The van der Waals surface area contributed by atoms with E-state index in [2.05, 4.69) is 23.7 Å².